The van der Waals surface area contributed by atoms with Gasteiger partial charge in [-0.2, -0.15) is 0 Å². The summed E-state index contributed by atoms with van der Waals surface area (Å²) in [4.78, 5) is 23.7. The molecule has 1 fully saturated rings. The first-order valence-electron chi connectivity index (χ1n) is 8.03. The van der Waals surface area contributed by atoms with E-state index in [9.17, 15) is 14.7 Å². The van der Waals surface area contributed by atoms with Crippen LogP contribution in [0.4, 0.5) is 17.1 Å². The molecule has 124 valence electrons. The summed E-state index contributed by atoms with van der Waals surface area (Å²) in [5, 5.41) is 15.5. The molecule has 0 spiro atoms. The molecule has 5 heteroatoms. The lowest BCUT2D eigenvalue weighted by Crippen LogP contribution is -2.41. The predicted molar refractivity (Wildman–Crippen MR) is 93.3 cm³/mol. The molecular formula is C19H20N2O3. The number of anilines is 3. The quantitative estimate of drug-likeness (QED) is 0.750. The van der Waals surface area contributed by atoms with Crippen LogP contribution in [0, 0.1) is 5.41 Å². The molecule has 3 N–H and O–H groups in total. The van der Waals surface area contributed by atoms with Gasteiger partial charge in [0.25, 0.3) is 0 Å². The minimum Gasteiger partial charge on any atom is -0.481 e. The van der Waals surface area contributed by atoms with Crippen molar-refractivity contribution in [3.05, 3.63) is 54.6 Å². The van der Waals surface area contributed by atoms with Crippen LogP contribution in [0.1, 0.15) is 25.7 Å². The highest BCUT2D eigenvalue weighted by molar-refractivity contribution is 5.97. The van der Waals surface area contributed by atoms with E-state index in [-0.39, 0.29) is 12.3 Å². The van der Waals surface area contributed by atoms with Gasteiger partial charge in [0, 0.05) is 12.1 Å². The molecule has 1 saturated carbocycles. The van der Waals surface area contributed by atoms with Gasteiger partial charge in [-0.05, 0) is 37.1 Å². The summed E-state index contributed by atoms with van der Waals surface area (Å²) in [6, 6.07) is 17.1. The molecule has 2 aromatic carbocycles. The molecule has 0 bridgehead atoms. The average molecular weight is 324 g/mol. The topological polar surface area (TPSA) is 78.4 Å². The Balaban J connectivity index is 1.71. The van der Waals surface area contributed by atoms with E-state index >= 15 is 0 Å². The van der Waals surface area contributed by atoms with Gasteiger partial charge in [-0.15, -0.1) is 0 Å². The fourth-order valence-electron chi connectivity index (χ4n) is 2.95. The molecular weight excluding hydrogens is 304 g/mol. The SMILES string of the molecule is O=C(CC1(C(=O)O)CCC1)Nc1ccccc1Nc1ccccc1. The first-order valence-corrected chi connectivity index (χ1v) is 8.03. The number of carbonyl (C=O) groups excluding carboxylic acids is 1. The van der Waals surface area contributed by atoms with Crippen LogP contribution in [-0.2, 0) is 9.59 Å². The van der Waals surface area contributed by atoms with Gasteiger partial charge in [0.05, 0.1) is 16.8 Å². The van der Waals surface area contributed by atoms with E-state index < -0.39 is 11.4 Å². The summed E-state index contributed by atoms with van der Waals surface area (Å²) in [6.07, 6.45) is 2.02. The molecule has 0 atom stereocenters. The average Bonchev–Trinajstić information content (AvgIpc) is 2.53. The van der Waals surface area contributed by atoms with Gasteiger partial charge in [0.1, 0.15) is 0 Å². The van der Waals surface area contributed by atoms with Crippen molar-refractivity contribution in [2.75, 3.05) is 10.6 Å². The molecule has 0 heterocycles. The number of rotatable bonds is 6. The molecule has 0 radical (unpaired) electrons. The van der Waals surface area contributed by atoms with Crippen molar-refractivity contribution in [3.8, 4) is 0 Å². The molecule has 0 unspecified atom stereocenters. The van der Waals surface area contributed by atoms with Gasteiger partial charge in [0.15, 0.2) is 0 Å². The van der Waals surface area contributed by atoms with Crippen LogP contribution in [0.3, 0.4) is 0 Å². The first kappa shape index (κ1) is 16.1. The van der Waals surface area contributed by atoms with Crippen LogP contribution in [0.5, 0.6) is 0 Å². The monoisotopic (exact) mass is 324 g/mol. The van der Waals surface area contributed by atoms with Crippen LogP contribution in [0.25, 0.3) is 0 Å². The minimum absolute atomic E-state index is 0.0159. The number of hydrogen-bond acceptors (Lipinski definition) is 3. The van der Waals surface area contributed by atoms with Crippen molar-refractivity contribution >= 4 is 28.9 Å². The Morgan fingerprint density at radius 3 is 2.17 bits per heavy atom. The van der Waals surface area contributed by atoms with Crippen LogP contribution in [0.2, 0.25) is 0 Å². The Hall–Kier alpha value is -2.82. The molecule has 24 heavy (non-hydrogen) atoms. The third kappa shape index (κ3) is 3.40. The lowest BCUT2D eigenvalue weighted by Gasteiger charge is -2.36. The number of carboxylic acids is 1. The number of nitrogens with one attached hydrogen (secondary N) is 2. The lowest BCUT2D eigenvalue weighted by molar-refractivity contribution is -0.157. The Bertz CT molecular complexity index is 739. The smallest absolute Gasteiger partial charge is 0.310 e. The second kappa shape index (κ2) is 6.74. The molecule has 0 saturated heterocycles. The standard InChI is InChI=1S/C19H20N2O3/c22-17(13-19(18(23)24)11-6-12-19)21-16-10-5-4-9-15(16)20-14-7-2-1-3-8-14/h1-5,7-10,20H,6,11-13H2,(H,21,22)(H,23,24). The molecule has 0 aromatic heterocycles. The maximum atomic E-state index is 12.3. The highest BCUT2D eigenvalue weighted by Crippen LogP contribution is 2.44. The van der Waals surface area contributed by atoms with Crippen LogP contribution in [-0.4, -0.2) is 17.0 Å². The third-order valence-corrected chi connectivity index (χ3v) is 4.52. The largest absolute Gasteiger partial charge is 0.481 e. The molecule has 2 aromatic rings. The molecule has 3 rings (SSSR count). The van der Waals surface area contributed by atoms with Crippen LogP contribution < -0.4 is 10.6 Å². The van der Waals surface area contributed by atoms with Gasteiger partial charge < -0.3 is 15.7 Å². The zero-order valence-corrected chi connectivity index (χ0v) is 13.3. The van der Waals surface area contributed by atoms with E-state index in [2.05, 4.69) is 10.6 Å². The Labute approximate surface area is 140 Å². The molecule has 1 amide bonds. The number of carboxylic acid groups (broad SMARTS) is 1. The molecule has 0 aliphatic heterocycles. The number of amides is 1. The lowest BCUT2D eigenvalue weighted by atomic mass is 9.66. The van der Waals surface area contributed by atoms with E-state index in [0.29, 0.717) is 18.5 Å². The van der Waals surface area contributed by atoms with Gasteiger partial charge in [-0.25, -0.2) is 0 Å². The van der Waals surface area contributed by atoms with E-state index in [1.807, 2.05) is 48.5 Å². The Kier molecular flexibility index (Phi) is 4.51. The first-order chi connectivity index (χ1) is 11.6. The fourth-order valence-corrected chi connectivity index (χ4v) is 2.95. The van der Waals surface area contributed by atoms with Crippen molar-refractivity contribution < 1.29 is 14.7 Å². The predicted octanol–water partition coefficient (Wildman–Crippen LogP) is 4.01. The normalized spacial score (nSPS) is 15.2. The molecule has 5 nitrogen and oxygen atoms in total. The highest BCUT2D eigenvalue weighted by Gasteiger charge is 2.45. The van der Waals surface area contributed by atoms with Crippen LogP contribution >= 0.6 is 0 Å². The maximum Gasteiger partial charge on any atom is 0.310 e. The van der Waals surface area contributed by atoms with E-state index in [0.717, 1.165) is 17.8 Å². The van der Waals surface area contributed by atoms with Crippen molar-refractivity contribution in [2.45, 2.75) is 25.7 Å². The second-order valence-corrected chi connectivity index (χ2v) is 6.20. The Morgan fingerprint density at radius 2 is 1.58 bits per heavy atom. The van der Waals surface area contributed by atoms with Crippen molar-refractivity contribution in [1.82, 2.24) is 0 Å². The van der Waals surface area contributed by atoms with E-state index in [1.54, 1.807) is 6.07 Å². The maximum absolute atomic E-state index is 12.3. The van der Waals surface area contributed by atoms with Gasteiger partial charge in [0.2, 0.25) is 5.91 Å². The molecule has 1 aliphatic rings. The zero-order chi connectivity index (χ0) is 17.0. The minimum atomic E-state index is -0.883. The summed E-state index contributed by atoms with van der Waals surface area (Å²) < 4.78 is 0. The van der Waals surface area contributed by atoms with Gasteiger partial charge in [-0.3, -0.25) is 9.59 Å². The summed E-state index contributed by atoms with van der Waals surface area (Å²) in [6.45, 7) is 0. The van der Waals surface area contributed by atoms with Crippen molar-refractivity contribution in [3.63, 3.8) is 0 Å². The number of para-hydroxylation sites is 3. The van der Waals surface area contributed by atoms with E-state index in [1.165, 1.54) is 0 Å². The van der Waals surface area contributed by atoms with Gasteiger partial charge >= 0.3 is 5.97 Å². The summed E-state index contributed by atoms with van der Waals surface area (Å²) in [5.74, 6) is -1.14. The summed E-state index contributed by atoms with van der Waals surface area (Å²) in [7, 11) is 0. The Morgan fingerprint density at radius 1 is 0.958 bits per heavy atom. The summed E-state index contributed by atoms with van der Waals surface area (Å²) >= 11 is 0. The van der Waals surface area contributed by atoms with Crippen LogP contribution in [0.15, 0.2) is 54.6 Å². The fraction of sp³-hybridized carbons (Fsp3) is 0.263. The van der Waals surface area contributed by atoms with Crippen molar-refractivity contribution in [1.29, 1.82) is 0 Å². The number of aliphatic carboxylic acids is 1. The molecule has 1 aliphatic carbocycles. The zero-order valence-electron chi connectivity index (χ0n) is 13.3. The van der Waals surface area contributed by atoms with Crippen molar-refractivity contribution in [2.24, 2.45) is 5.41 Å². The third-order valence-electron chi connectivity index (χ3n) is 4.52. The number of benzene rings is 2. The van der Waals surface area contributed by atoms with E-state index in [4.69, 9.17) is 0 Å². The summed E-state index contributed by atoms with van der Waals surface area (Å²) in [5.41, 5.74) is 1.45. The second-order valence-electron chi connectivity index (χ2n) is 6.20. The number of hydrogen-bond donors (Lipinski definition) is 3. The highest BCUT2D eigenvalue weighted by atomic mass is 16.4. The number of carbonyl (C=O) groups is 2. The van der Waals surface area contributed by atoms with Gasteiger partial charge in [-0.1, -0.05) is 36.8 Å².